The smallest absolute Gasteiger partial charge is 0.324 e. The Hall–Kier alpha value is -1.96. The zero-order valence-corrected chi connectivity index (χ0v) is 15.6. The molecule has 2 aliphatic rings. The Kier molecular flexibility index (Phi) is 3.55. The molecule has 8 heteroatoms. The van der Waals surface area contributed by atoms with Crippen LogP contribution in [0.2, 0.25) is 0 Å². The van der Waals surface area contributed by atoms with Crippen LogP contribution in [0.4, 0.5) is 6.01 Å². The van der Waals surface area contributed by atoms with Crippen LogP contribution in [-0.2, 0) is 6.42 Å². The molecule has 3 atom stereocenters. The first-order valence-corrected chi connectivity index (χ1v) is 9.51. The minimum absolute atomic E-state index is 0.636. The largest absolute Gasteiger partial charge is 0.324 e. The van der Waals surface area contributed by atoms with Crippen LogP contribution in [0.3, 0.4) is 0 Å². The highest BCUT2D eigenvalue weighted by molar-refractivity contribution is 9.10. The van der Waals surface area contributed by atoms with Crippen molar-refractivity contribution >= 4 is 27.6 Å². The normalized spacial score (nSPS) is 25.8. The molecule has 1 aliphatic heterocycles. The van der Waals surface area contributed by atoms with E-state index >= 15 is 0 Å². The topological polar surface area (TPSA) is 72.4 Å². The molecule has 25 heavy (non-hydrogen) atoms. The molecule has 2 bridgehead atoms. The standard InChI is InChI=1S/C17H19BrN6O/c1-10-19-17(25-22-10)23-8-11-4-5-12(9-23)13(11)7-15-20-16-14(18)3-2-6-24(16)21-15/h2-3,6,11-13H,4-5,7-9H2,1H3/t11-,12+,13?. The Labute approximate surface area is 153 Å². The second kappa shape index (κ2) is 5.79. The molecule has 4 heterocycles. The average molecular weight is 403 g/mol. The fourth-order valence-electron chi connectivity index (χ4n) is 4.45. The third-order valence-electron chi connectivity index (χ3n) is 5.59. The summed E-state index contributed by atoms with van der Waals surface area (Å²) in [6, 6.07) is 4.65. The van der Waals surface area contributed by atoms with Gasteiger partial charge in [-0.05, 0) is 65.6 Å². The number of fused-ring (bicyclic) bond motifs is 3. The predicted molar refractivity (Wildman–Crippen MR) is 95.3 cm³/mol. The van der Waals surface area contributed by atoms with Crippen molar-refractivity contribution in [3.8, 4) is 0 Å². The number of hydrogen-bond donors (Lipinski definition) is 0. The maximum atomic E-state index is 5.37. The van der Waals surface area contributed by atoms with Gasteiger partial charge < -0.3 is 9.42 Å². The van der Waals surface area contributed by atoms with Crippen molar-refractivity contribution in [2.45, 2.75) is 26.2 Å². The van der Waals surface area contributed by atoms with Gasteiger partial charge in [-0.3, -0.25) is 0 Å². The Balaban J connectivity index is 1.36. The zero-order chi connectivity index (χ0) is 17.0. The molecule has 130 valence electrons. The van der Waals surface area contributed by atoms with Crippen LogP contribution in [0.15, 0.2) is 27.3 Å². The van der Waals surface area contributed by atoms with Gasteiger partial charge >= 0.3 is 6.01 Å². The third kappa shape index (κ3) is 2.63. The fourth-order valence-corrected chi connectivity index (χ4v) is 4.88. The average Bonchev–Trinajstić information content (AvgIpc) is 3.26. The summed E-state index contributed by atoms with van der Waals surface area (Å²) in [4.78, 5) is 11.4. The van der Waals surface area contributed by atoms with E-state index in [4.69, 9.17) is 9.51 Å². The van der Waals surface area contributed by atoms with E-state index in [-0.39, 0.29) is 0 Å². The lowest BCUT2D eigenvalue weighted by atomic mass is 9.82. The van der Waals surface area contributed by atoms with Crippen molar-refractivity contribution < 1.29 is 4.52 Å². The van der Waals surface area contributed by atoms with Gasteiger partial charge in [-0.25, -0.2) is 9.50 Å². The molecule has 0 aromatic carbocycles. The van der Waals surface area contributed by atoms with Crippen molar-refractivity contribution in [3.63, 3.8) is 0 Å². The number of rotatable bonds is 3. The fraction of sp³-hybridized carbons (Fsp3) is 0.529. The molecule has 7 nitrogen and oxygen atoms in total. The maximum Gasteiger partial charge on any atom is 0.324 e. The van der Waals surface area contributed by atoms with Crippen molar-refractivity contribution in [2.24, 2.45) is 17.8 Å². The minimum atomic E-state index is 0.636. The second-order valence-corrected chi connectivity index (χ2v) is 8.00. The van der Waals surface area contributed by atoms with Crippen LogP contribution in [-0.4, -0.2) is 37.8 Å². The van der Waals surface area contributed by atoms with Gasteiger partial charge in [0.05, 0.1) is 4.47 Å². The molecule has 5 rings (SSSR count). The number of aryl methyl sites for hydroxylation is 1. The Morgan fingerprint density at radius 1 is 1.24 bits per heavy atom. The third-order valence-corrected chi connectivity index (χ3v) is 6.21. The molecule has 2 fully saturated rings. The van der Waals surface area contributed by atoms with Crippen molar-refractivity contribution in [1.29, 1.82) is 0 Å². The number of anilines is 1. The summed E-state index contributed by atoms with van der Waals surface area (Å²) in [7, 11) is 0. The number of pyridine rings is 1. The molecule has 3 aromatic rings. The van der Waals surface area contributed by atoms with Crippen molar-refractivity contribution in [2.75, 3.05) is 18.0 Å². The highest BCUT2D eigenvalue weighted by atomic mass is 79.9. The molecule has 1 saturated heterocycles. The summed E-state index contributed by atoms with van der Waals surface area (Å²) >= 11 is 3.55. The molecule has 3 aromatic heterocycles. The van der Waals surface area contributed by atoms with Crippen LogP contribution < -0.4 is 4.90 Å². The van der Waals surface area contributed by atoms with E-state index in [2.05, 4.69) is 36.1 Å². The SMILES string of the molecule is Cc1noc(N2C[C@H]3CC[C@@H](C2)C3Cc2nc3c(Br)cccn3n2)n1. The number of piperidine rings is 1. The second-order valence-electron chi connectivity index (χ2n) is 7.15. The first-order valence-electron chi connectivity index (χ1n) is 8.72. The lowest BCUT2D eigenvalue weighted by Gasteiger charge is -2.36. The number of hydrogen-bond acceptors (Lipinski definition) is 6. The van der Waals surface area contributed by atoms with E-state index in [0.717, 1.165) is 35.5 Å². The Morgan fingerprint density at radius 3 is 2.72 bits per heavy atom. The molecule has 0 amide bonds. The van der Waals surface area contributed by atoms with Crippen molar-refractivity contribution in [3.05, 3.63) is 34.5 Å². The monoisotopic (exact) mass is 402 g/mol. The van der Waals surface area contributed by atoms with Crippen LogP contribution in [0.5, 0.6) is 0 Å². The molecular formula is C17H19BrN6O. The Morgan fingerprint density at radius 2 is 2.04 bits per heavy atom. The summed E-state index contributed by atoms with van der Waals surface area (Å²) < 4.78 is 8.21. The van der Waals surface area contributed by atoms with E-state index in [0.29, 0.717) is 29.6 Å². The summed E-state index contributed by atoms with van der Waals surface area (Å²) in [5.74, 6) is 3.55. The van der Waals surface area contributed by atoms with Crippen LogP contribution in [0, 0.1) is 24.7 Å². The summed E-state index contributed by atoms with van der Waals surface area (Å²) in [5, 5.41) is 8.59. The molecule has 0 N–H and O–H groups in total. The predicted octanol–water partition coefficient (Wildman–Crippen LogP) is 2.89. The van der Waals surface area contributed by atoms with Crippen LogP contribution in [0.1, 0.15) is 24.5 Å². The maximum absolute atomic E-state index is 5.37. The first-order chi connectivity index (χ1) is 12.2. The lowest BCUT2D eigenvalue weighted by Crippen LogP contribution is -2.43. The van der Waals surface area contributed by atoms with E-state index in [1.54, 1.807) is 0 Å². The summed E-state index contributed by atoms with van der Waals surface area (Å²) in [6.45, 7) is 3.83. The molecule has 1 saturated carbocycles. The summed E-state index contributed by atoms with van der Waals surface area (Å²) in [6.07, 6.45) is 5.41. The van der Waals surface area contributed by atoms with Gasteiger partial charge in [-0.1, -0.05) is 5.16 Å². The lowest BCUT2D eigenvalue weighted by molar-refractivity contribution is 0.254. The van der Waals surface area contributed by atoms with Gasteiger partial charge in [0.2, 0.25) is 0 Å². The molecular weight excluding hydrogens is 384 g/mol. The number of aromatic nitrogens is 5. The quantitative estimate of drug-likeness (QED) is 0.670. The van der Waals surface area contributed by atoms with Gasteiger partial charge in [-0.15, -0.1) is 0 Å². The van der Waals surface area contributed by atoms with E-state index < -0.39 is 0 Å². The molecule has 0 spiro atoms. The first kappa shape index (κ1) is 15.3. The minimum Gasteiger partial charge on any atom is -0.324 e. The van der Waals surface area contributed by atoms with E-state index in [9.17, 15) is 0 Å². The van der Waals surface area contributed by atoms with Crippen molar-refractivity contribution in [1.82, 2.24) is 24.7 Å². The molecule has 1 aliphatic carbocycles. The van der Waals surface area contributed by atoms with E-state index in [1.165, 1.54) is 12.8 Å². The van der Waals surface area contributed by atoms with Crippen LogP contribution in [0.25, 0.3) is 5.65 Å². The summed E-state index contributed by atoms with van der Waals surface area (Å²) in [5.41, 5.74) is 0.892. The van der Waals surface area contributed by atoms with E-state index in [1.807, 2.05) is 29.8 Å². The molecule has 0 radical (unpaired) electrons. The van der Waals surface area contributed by atoms with Crippen LogP contribution >= 0.6 is 15.9 Å². The zero-order valence-electron chi connectivity index (χ0n) is 14.0. The van der Waals surface area contributed by atoms with Gasteiger partial charge in [0.25, 0.3) is 0 Å². The number of nitrogens with zero attached hydrogens (tertiary/aromatic N) is 6. The van der Waals surface area contributed by atoms with Gasteiger partial charge in [0.15, 0.2) is 17.3 Å². The van der Waals surface area contributed by atoms with Gasteiger partial charge in [0.1, 0.15) is 0 Å². The van der Waals surface area contributed by atoms with Gasteiger partial charge in [0, 0.05) is 25.7 Å². The van der Waals surface area contributed by atoms with Gasteiger partial charge in [-0.2, -0.15) is 10.1 Å². The molecule has 1 unspecified atom stereocenters. The highest BCUT2D eigenvalue weighted by Gasteiger charge is 2.43. The Bertz CT molecular complexity index is 907. The number of halogens is 1. The highest BCUT2D eigenvalue weighted by Crippen LogP contribution is 2.44.